The molecule has 5 nitrogen and oxygen atoms in total. The number of benzene rings is 3. The molecule has 4 amide bonds. The molecule has 3 aromatic carbocycles. The van der Waals surface area contributed by atoms with Gasteiger partial charge in [-0.25, -0.2) is 14.1 Å². The van der Waals surface area contributed by atoms with E-state index in [0.29, 0.717) is 22.6 Å². The molecule has 1 aliphatic heterocycles. The van der Waals surface area contributed by atoms with Gasteiger partial charge >= 0.3 is 6.03 Å². The zero-order valence-electron chi connectivity index (χ0n) is 17.4. The van der Waals surface area contributed by atoms with E-state index in [2.05, 4.69) is 21.2 Å². The van der Waals surface area contributed by atoms with Gasteiger partial charge in [0, 0.05) is 9.50 Å². The van der Waals surface area contributed by atoms with Crippen molar-refractivity contribution < 1.29 is 18.8 Å². The Hall–Kier alpha value is -3.29. The maximum Gasteiger partial charge on any atom is 0.335 e. The summed E-state index contributed by atoms with van der Waals surface area (Å²) in [5, 5.41) is 2.57. The molecule has 4 rings (SSSR count). The number of nitrogens with one attached hydrogen (secondary N) is 1. The minimum atomic E-state index is -0.846. The van der Waals surface area contributed by atoms with Crippen LogP contribution >= 0.6 is 27.5 Å². The molecule has 1 fully saturated rings. The molecule has 0 atom stereocenters. The van der Waals surface area contributed by atoms with Crippen molar-refractivity contribution in [3.8, 4) is 0 Å². The molecule has 1 heterocycles. The van der Waals surface area contributed by atoms with Crippen molar-refractivity contribution in [2.75, 3.05) is 4.90 Å². The van der Waals surface area contributed by atoms with Gasteiger partial charge in [-0.2, -0.15) is 0 Å². The average Bonchev–Trinajstić information content (AvgIpc) is 2.75. The summed E-state index contributed by atoms with van der Waals surface area (Å²) >= 11 is 9.48. The van der Waals surface area contributed by atoms with Crippen LogP contribution in [-0.2, 0) is 16.0 Å². The zero-order chi connectivity index (χ0) is 23.7. The molecule has 0 radical (unpaired) electrons. The molecule has 1 saturated heterocycles. The summed E-state index contributed by atoms with van der Waals surface area (Å²) in [4.78, 5) is 39.3. The van der Waals surface area contributed by atoms with Crippen molar-refractivity contribution in [1.29, 1.82) is 0 Å². The van der Waals surface area contributed by atoms with Crippen LogP contribution in [0.5, 0.6) is 0 Å². The number of barbiturate groups is 1. The Kier molecular flexibility index (Phi) is 6.44. The highest BCUT2D eigenvalue weighted by Crippen LogP contribution is 2.29. The molecule has 0 aromatic heterocycles. The van der Waals surface area contributed by atoms with Crippen LogP contribution in [0.2, 0.25) is 5.02 Å². The first kappa shape index (κ1) is 22.9. The number of amides is 4. The molecule has 0 unspecified atom stereocenters. The molecule has 0 aliphatic carbocycles. The van der Waals surface area contributed by atoms with Gasteiger partial charge < -0.3 is 0 Å². The first-order valence-corrected chi connectivity index (χ1v) is 11.1. The molecule has 8 heteroatoms. The second-order valence-corrected chi connectivity index (χ2v) is 8.89. The Morgan fingerprint density at radius 3 is 2.61 bits per heavy atom. The van der Waals surface area contributed by atoms with E-state index in [0.717, 1.165) is 20.5 Å². The average molecular weight is 528 g/mol. The van der Waals surface area contributed by atoms with Gasteiger partial charge in [-0.15, -0.1) is 0 Å². The fraction of sp³-hybridized carbons (Fsp3) is 0.0800. The van der Waals surface area contributed by atoms with Crippen LogP contribution in [-0.4, -0.2) is 17.8 Å². The number of carbonyl (C=O) groups is 3. The van der Waals surface area contributed by atoms with Gasteiger partial charge in [0.15, 0.2) is 0 Å². The summed E-state index contributed by atoms with van der Waals surface area (Å²) in [6.07, 6.45) is 1.83. The van der Waals surface area contributed by atoms with E-state index in [-0.39, 0.29) is 17.1 Å². The fourth-order valence-corrected chi connectivity index (χ4v) is 4.13. The lowest BCUT2D eigenvalue weighted by molar-refractivity contribution is -0.122. The number of nitrogens with zero attached hydrogens (tertiary/aromatic N) is 1. The standard InChI is InChI=1S/C25H17BrClFN2O3/c1-14-5-8-19(27)13-22(14)30-24(32)21(23(31)29-25(30)33)12-17-11-18(26)7-6-16(17)9-15-3-2-4-20(28)10-15/h2-8,10-13H,9H2,1H3,(H,29,31,33)/b21-12+. The van der Waals surface area contributed by atoms with Crippen LogP contribution in [0.4, 0.5) is 14.9 Å². The molecular formula is C25H17BrClFN2O3. The molecule has 0 saturated carbocycles. The van der Waals surface area contributed by atoms with E-state index in [1.54, 1.807) is 37.3 Å². The molecular weight excluding hydrogens is 511 g/mol. The van der Waals surface area contributed by atoms with Gasteiger partial charge in [0.2, 0.25) is 0 Å². The largest absolute Gasteiger partial charge is 0.335 e. The monoisotopic (exact) mass is 526 g/mol. The normalized spacial score (nSPS) is 15.2. The van der Waals surface area contributed by atoms with Crippen molar-refractivity contribution in [2.45, 2.75) is 13.3 Å². The third-order valence-corrected chi connectivity index (χ3v) is 5.93. The lowest BCUT2D eigenvalue weighted by Gasteiger charge is -2.27. The maximum atomic E-state index is 13.6. The highest BCUT2D eigenvalue weighted by atomic mass is 79.9. The molecule has 166 valence electrons. The molecule has 0 spiro atoms. The van der Waals surface area contributed by atoms with Crippen molar-refractivity contribution in [2.24, 2.45) is 0 Å². The first-order chi connectivity index (χ1) is 15.7. The van der Waals surface area contributed by atoms with Crippen molar-refractivity contribution >= 4 is 57.1 Å². The van der Waals surface area contributed by atoms with Gasteiger partial charge in [-0.05, 0) is 78.1 Å². The lowest BCUT2D eigenvalue weighted by atomic mass is 9.97. The Bertz CT molecular complexity index is 1340. The minimum absolute atomic E-state index is 0.201. The van der Waals surface area contributed by atoms with Gasteiger partial charge in [-0.3, -0.25) is 14.9 Å². The Morgan fingerprint density at radius 2 is 1.85 bits per heavy atom. The summed E-state index contributed by atoms with van der Waals surface area (Å²) in [7, 11) is 0. The second-order valence-electron chi connectivity index (χ2n) is 7.54. The predicted octanol–water partition coefficient (Wildman–Crippen LogP) is 5.81. The van der Waals surface area contributed by atoms with Crippen molar-refractivity contribution in [1.82, 2.24) is 5.32 Å². The van der Waals surface area contributed by atoms with Crippen molar-refractivity contribution in [3.63, 3.8) is 0 Å². The number of hydrogen-bond acceptors (Lipinski definition) is 3. The summed E-state index contributed by atoms with van der Waals surface area (Å²) in [6.45, 7) is 1.73. The van der Waals surface area contributed by atoms with Crippen molar-refractivity contribution in [3.05, 3.63) is 104 Å². The van der Waals surface area contributed by atoms with Gasteiger partial charge in [0.05, 0.1) is 5.69 Å². The topological polar surface area (TPSA) is 66.5 Å². The summed E-state index contributed by atoms with van der Waals surface area (Å²) < 4.78 is 14.4. The van der Waals surface area contributed by atoms with Crippen LogP contribution in [0.3, 0.4) is 0 Å². The number of halogens is 3. The summed E-state index contributed by atoms with van der Waals surface area (Å²) in [5.41, 5.74) is 2.84. The smallest absolute Gasteiger partial charge is 0.273 e. The van der Waals surface area contributed by atoms with Crippen LogP contribution in [0.25, 0.3) is 6.08 Å². The number of carbonyl (C=O) groups excluding carboxylic acids is 3. The maximum absolute atomic E-state index is 13.6. The van der Waals surface area contributed by atoms with Crippen LogP contribution in [0.1, 0.15) is 22.3 Å². The number of imide groups is 2. The lowest BCUT2D eigenvalue weighted by Crippen LogP contribution is -2.54. The number of urea groups is 1. The highest BCUT2D eigenvalue weighted by Gasteiger charge is 2.37. The quantitative estimate of drug-likeness (QED) is 0.344. The van der Waals surface area contributed by atoms with Gasteiger partial charge in [0.1, 0.15) is 11.4 Å². The molecule has 3 aromatic rings. The van der Waals surface area contributed by atoms with E-state index in [1.165, 1.54) is 24.3 Å². The zero-order valence-corrected chi connectivity index (χ0v) is 19.7. The van der Waals surface area contributed by atoms with Crippen LogP contribution < -0.4 is 10.2 Å². The number of anilines is 1. The third-order valence-electron chi connectivity index (χ3n) is 5.21. The van der Waals surface area contributed by atoms with E-state index in [1.807, 2.05) is 12.1 Å². The SMILES string of the molecule is Cc1ccc(Cl)cc1N1C(=O)NC(=O)/C(=C\c2cc(Br)ccc2Cc2cccc(F)c2)C1=O. The minimum Gasteiger partial charge on any atom is -0.273 e. The molecule has 0 bridgehead atoms. The Labute approximate surface area is 203 Å². The highest BCUT2D eigenvalue weighted by molar-refractivity contribution is 9.10. The molecule has 1 aliphatic rings. The third kappa shape index (κ3) is 4.89. The Morgan fingerprint density at radius 1 is 1.06 bits per heavy atom. The number of rotatable bonds is 4. The second kappa shape index (κ2) is 9.29. The van der Waals surface area contributed by atoms with Crippen LogP contribution in [0, 0.1) is 12.7 Å². The van der Waals surface area contributed by atoms with E-state index < -0.39 is 17.8 Å². The summed E-state index contributed by atoms with van der Waals surface area (Å²) in [6, 6.07) is 15.6. The molecule has 33 heavy (non-hydrogen) atoms. The number of hydrogen-bond donors (Lipinski definition) is 1. The number of aryl methyl sites for hydroxylation is 1. The summed E-state index contributed by atoms with van der Waals surface area (Å²) in [5.74, 6) is -1.90. The van der Waals surface area contributed by atoms with Gasteiger partial charge in [-0.1, -0.05) is 51.8 Å². The predicted molar refractivity (Wildman–Crippen MR) is 129 cm³/mol. The van der Waals surface area contributed by atoms with Crippen LogP contribution in [0.15, 0.2) is 70.7 Å². The van der Waals surface area contributed by atoms with E-state index in [9.17, 15) is 18.8 Å². The van der Waals surface area contributed by atoms with E-state index >= 15 is 0 Å². The molecule has 1 N–H and O–H groups in total. The first-order valence-electron chi connectivity index (χ1n) is 9.93. The van der Waals surface area contributed by atoms with E-state index in [4.69, 9.17) is 11.6 Å². The van der Waals surface area contributed by atoms with Gasteiger partial charge in [0.25, 0.3) is 11.8 Å². The fourth-order valence-electron chi connectivity index (χ4n) is 3.58. The Balaban J connectivity index is 1.77.